The number of hydrogen-bond donors (Lipinski definition) is 3. The molecule has 0 fully saturated rings. The summed E-state index contributed by atoms with van der Waals surface area (Å²) in [6.45, 7) is 6.21. The Labute approximate surface area is 279 Å². The lowest BCUT2D eigenvalue weighted by Gasteiger charge is -2.18. The second-order valence-corrected chi connectivity index (χ2v) is 15.0. The number of carbonyl (C=O) groups is 2. The van der Waals surface area contributed by atoms with Crippen LogP contribution >= 0.6 is 11.3 Å². The van der Waals surface area contributed by atoms with Gasteiger partial charge in [0.05, 0.1) is 21.9 Å². The van der Waals surface area contributed by atoms with E-state index in [1.165, 1.54) is 0 Å². The Hall–Kier alpha value is -4.64. The number of fused-ring (bicyclic) bond motifs is 1. The summed E-state index contributed by atoms with van der Waals surface area (Å²) in [5.41, 5.74) is 5.71. The first-order valence-corrected chi connectivity index (χ1v) is 17.6. The summed E-state index contributed by atoms with van der Waals surface area (Å²) in [6.07, 6.45) is 4.60. The third-order valence-electron chi connectivity index (χ3n) is 7.41. The van der Waals surface area contributed by atoms with Crippen molar-refractivity contribution in [3.8, 4) is 10.6 Å². The Balaban J connectivity index is 1.36. The number of benzene rings is 4. The van der Waals surface area contributed by atoms with Gasteiger partial charge < -0.3 is 10.6 Å². The van der Waals surface area contributed by atoms with Crippen molar-refractivity contribution in [2.24, 2.45) is 5.41 Å². The number of aromatic nitrogens is 1. The third-order valence-corrected chi connectivity index (χ3v) is 9.20. The van der Waals surface area contributed by atoms with Crippen molar-refractivity contribution in [1.29, 1.82) is 0 Å². The maximum absolute atomic E-state index is 13.9. The van der Waals surface area contributed by atoms with Crippen LogP contribution in [0.3, 0.4) is 0 Å². The molecule has 242 valence electrons. The van der Waals surface area contributed by atoms with E-state index in [9.17, 15) is 18.0 Å². The molecule has 5 aromatic rings. The second kappa shape index (κ2) is 14.4. The largest absolute Gasteiger partial charge is 0.351 e. The molecule has 0 aliphatic heterocycles. The van der Waals surface area contributed by atoms with E-state index in [0.29, 0.717) is 17.7 Å². The van der Waals surface area contributed by atoms with Gasteiger partial charge in [0, 0.05) is 23.4 Å². The Bertz CT molecular complexity index is 2000. The molecule has 3 N–H and O–H groups in total. The molecule has 10 heteroatoms. The first-order chi connectivity index (χ1) is 22.3. The van der Waals surface area contributed by atoms with Crippen LogP contribution in [0.2, 0.25) is 0 Å². The van der Waals surface area contributed by atoms with E-state index in [1.54, 1.807) is 35.6 Å². The molecule has 0 spiro atoms. The maximum Gasteiger partial charge on any atom is 0.266 e. The molecule has 5 rings (SSSR count). The van der Waals surface area contributed by atoms with E-state index < -0.39 is 27.7 Å². The summed E-state index contributed by atoms with van der Waals surface area (Å²) in [6, 6.07) is 30.5. The quantitative estimate of drug-likeness (QED) is 0.125. The van der Waals surface area contributed by atoms with Gasteiger partial charge in [-0.1, -0.05) is 99.7 Å². The summed E-state index contributed by atoms with van der Waals surface area (Å²) in [4.78, 5) is 31.1. The van der Waals surface area contributed by atoms with Crippen LogP contribution in [0.1, 0.15) is 53.7 Å². The number of allylic oxidation sites excluding steroid dienone is 1. The summed E-state index contributed by atoms with van der Waals surface area (Å²) in [7, 11) is -4.17. The minimum atomic E-state index is -4.17. The standard InChI is InChI=1S/C37H37N3O5S2/c1-37(2,3)20-19-25-9-13-27(14-10-25)31(23-26-11-15-28(16-12-26)34(41)38-21-22-47(43,44)45)35(42)39-30-17-18-32-33(24-30)46-36(40-32)29-7-5-4-6-8-29/h4-20,24,31H,21-23H2,1-3H3,(H,38,41)(H,39,42)(H,43,44,45). The molecule has 8 nitrogen and oxygen atoms in total. The molecule has 0 radical (unpaired) electrons. The molecule has 0 bridgehead atoms. The zero-order chi connectivity index (χ0) is 33.6. The van der Waals surface area contributed by atoms with E-state index in [1.807, 2.05) is 72.8 Å². The lowest BCUT2D eigenvalue weighted by atomic mass is 9.89. The minimum absolute atomic E-state index is 0.0434. The van der Waals surface area contributed by atoms with Gasteiger partial charge in [0.15, 0.2) is 0 Å². The smallest absolute Gasteiger partial charge is 0.266 e. The van der Waals surface area contributed by atoms with Crippen molar-refractivity contribution >= 4 is 55.2 Å². The fraction of sp³-hybridized carbons (Fsp3) is 0.216. The highest BCUT2D eigenvalue weighted by molar-refractivity contribution is 7.85. The average Bonchev–Trinajstić information content (AvgIpc) is 3.46. The highest BCUT2D eigenvalue weighted by Crippen LogP contribution is 2.32. The van der Waals surface area contributed by atoms with Crippen LogP contribution in [0.5, 0.6) is 0 Å². The molecule has 1 aromatic heterocycles. The normalized spacial score (nSPS) is 12.7. The second-order valence-electron chi connectivity index (χ2n) is 12.4. The molecule has 1 atom stereocenters. The molecular weight excluding hydrogens is 631 g/mol. The van der Waals surface area contributed by atoms with E-state index in [0.717, 1.165) is 37.5 Å². The monoisotopic (exact) mass is 667 g/mol. The zero-order valence-electron chi connectivity index (χ0n) is 26.4. The van der Waals surface area contributed by atoms with E-state index in [4.69, 9.17) is 9.54 Å². The van der Waals surface area contributed by atoms with Crippen molar-refractivity contribution in [3.05, 3.63) is 125 Å². The Morgan fingerprint density at radius 1 is 0.936 bits per heavy atom. The van der Waals surface area contributed by atoms with Crippen LogP contribution in [0.4, 0.5) is 5.69 Å². The number of anilines is 1. The number of carbonyl (C=O) groups excluding carboxylic acids is 2. The fourth-order valence-electron chi connectivity index (χ4n) is 4.91. The van der Waals surface area contributed by atoms with E-state index >= 15 is 0 Å². The minimum Gasteiger partial charge on any atom is -0.351 e. The van der Waals surface area contributed by atoms with Gasteiger partial charge in [-0.05, 0) is 58.9 Å². The van der Waals surface area contributed by atoms with Crippen LogP contribution in [0, 0.1) is 5.41 Å². The van der Waals surface area contributed by atoms with Crippen LogP contribution < -0.4 is 10.6 Å². The number of amides is 2. The summed E-state index contributed by atoms with van der Waals surface area (Å²) in [5, 5.41) is 6.52. The van der Waals surface area contributed by atoms with Crippen LogP contribution in [0.25, 0.3) is 26.9 Å². The van der Waals surface area contributed by atoms with Gasteiger partial charge in [0.2, 0.25) is 5.91 Å². The molecule has 0 aliphatic rings. The number of rotatable bonds is 11. The average molecular weight is 668 g/mol. The van der Waals surface area contributed by atoms with Gasteiger partial charge >= 0.3 is 0 Å². The molecule has 1 heterocycles. The van der Waals surface area contributed by atoms with Crippen molar-refractivity contribution < 1.29 is 22.6 Å². The number of nitrogens with one attached hydrogen (secondary N) is 2. The predicted octanol–water partition coefficient (Wildman–Crippen LogP) is 7.61. The molecule has 0 saturated carbocycles. The summed E-state index contributed by atoms with van der Waals surface area (Å²) >= 11 is 1.57. The Kier molecular flexibility index (Phi) is 10.3. The van der Waals surface area contributed by atoms with Crippen LogP contribution in [-0.4, -0.2) is 42.1 Å². The SMILES string of the molecule is CC(C)(C)C=Cc1ccc(C(Cc2ccc(C(=O)NCCS(=O)(=O)O)cc2)C(=O)Nc2ccc3nc(-c4ccccc4)sc3c2)cc1. The maximum atomic E-state index is 13.9. The molecule has 4 aromatic carbocycles. The Morgan fingerprint density at radius 3 is 2.30 bits per heavy atom. The highest BCUT2D eigenvalue weighted by Gasteiger charge is 2.22. The summed E-state index contributed by atoms with van der Waals surface area (Å²) < 4.78 is 31.8. The van der Waals surface area contributed by atoms with Crippen molar-refractivity contribution in [3.63, 3.8) is 0 Å². The molecular formula is C37H37N3O5S2. The van der Waals surface area contributed by atoms with Crippen molar-refractivity contribution in [1.82, 2.24) is 10.3 Å². The number of hydrogen-bond acceptors (Lipinski definition) is 6. The van der Waals surface area contributed by atoms with Gasteiger partial charge in [-0.3, -0.25) is 14.1 Å². The third kappa shape index (κ3) is 9.68. The van der Waals surface area contributed by atoms with Crippen molar-refractivity contribution in [2.75, 3.05) is 17.6 Å². The molecule has 0 saturated heterocycles. The topological polar surface area (TPSA) is 125 Å². The Morgan fingerprint density at radius 2 is 1.64 bits per heavy atom. The van der Waals surface area contributed by atoms with Gasteiger partial charge in [-0.15, -0.1) is 11.3 Å². The summed E-state index contributed by atoms with van der Waals surface area (Å²) in [5.74, 6) is -1.71. The van der Waals surface area contributed by atoms with Gasteiger partial charge in [-0.2, -0.15) is 8.42 Å². The molecule has 2 amide bonds. The lowest BCUT2D eigenvalue weighted by Crippen LogP contribution is -2.28. The van der Waals surface area contributed by atoms with Crippen LogP contribution in [-0.2, 0) is 21.3 Å². The fourth-order valence-corrected chi connectivity index (χ4v) is 6.28. The number of thiazole rings is 1. The number of nitrogens with zero attached hydrogens (tertiary/aromatic N) is 1. The molecule has 47 heavy (non-hydrogen) atoms. The lowest BCUT2D eigenvalue weighted by molar-refractivity contribution is -0.117. The first kappa shape index (κ1) is 33.7. The van der Waals surface area contributed by atoms with E-state index in [2.05, 4.69) is 43.6 Å². The van der Waals surface area contributed by atoms with Gasteiger partial charge in [-0.25, -0.2) is 4.98 Å². The van der Waals surface area contributed by atoms with Crippen LogP contribution in [0.15, 0.2) is 103 Å². The zero-order valence-corrected chi connectivity index (χ0v) is 28.1. The van der Waals surface area contributed by atoms with Gasteiger partial charge in [0.25, 0.3) is 16.0 Å². The predicted molar refractivity (Wildman–Crippen MR) is 190 cm³/mol. The van der Waals surface area contributed by atoms with E-state index in [-0.39, 0.29) is 17.9 Å². The van der Waals surface area contributed by atoms with Crippen molar-refractivity contribution in [2.45, 2.75) is 33.1 Å². The van der Waals surface area contributed by atoms with Gasteiger partial charge in [0.1, 0.15) is 5.01 Å². The molecule has 1 unspecified atom stereocenters. The first-order valence-electron chi connectivity index (χ1n) is 15.2. The highest BCUT2D eigenvalue weighted by atomic mass is 32.2. The molecule has 0 aliphatic carbocycles.